The molecule has 0 aliphatic carbocycles. The van der Waals surface area contributed by atoms with Gasteiger partial charge in [-0.2, -0.15) is 5.10 Å². The number of aliphatic hydroxyl groups excluding tert-OH is 1. The number of aromatic nitrogens is 2. The molecule has 0 radical (unpaired) electrons. The van der Waals surface area contributed by atoms with Gasteiger partial charge in [-0.05, 0) is 67.5 Å². The van der Waals surface area contributed by atoms with Gasteiger partial charge in [0.1, 0.15) is 23.4 Å². The number of carbonyl (C=O) groups is 2. The molecule has 1 aromatic heterocycles. The van der Waals surface area contributed by atoms with Crippen LogP contribution in [0.3, 0.4) is 0 Å². The van der Waals surface area contributed by atoms with Gasteiger partial charge in [-0.1, -0.05) is 57.9 Å². The molecule has 3 rings (SSSR count). The van der Waals surface area contributed by atoms with Gasteiger partial charge in [0.15, 0.2) is 9.84 Å². The molecule has 0 saturated carbocycles. The average molecular weight is 676 g/mol. The number of rotatable bonds is 19. The van der Waals surface area contributed by atoms with Crippen molar-refractivity contribution in [3.63, 3.8) is 0 Å². The fourth-order valence-electron chi connectivity index (χ4n) is 5.48. The molecule has 47 heavy (non-hydrogen) atoms. The zero-order valence-corrected chi connectivity index (χ0v) is 28.3. The van der Waals surface area contributed by atoms with Gasteiger partial charge < -0.3 is 21.1 Å². The van der Waals surface area contributed by atoms with Gasteiger partial charge in [0, 0.05) is 24.8 Å². The summed E-state index contributed by atoms with van der Waals surface area (Å²) in [7, 11) is -3.87. The van der Waals surface area contributed by atoms with E-state index in [2.05, 4.69) is 26.1 Å². The largest absolute Gasteiger partial charge is 0.390 e. The van der Waals surface area contributed by atoms with Crippen molar-refractivity contribution in [2.75, 3.05) is 12.3 Å². The Labute approximate surface area is 276 Å². The number of nitrogens with zero attached hydrogens (tertiary/aromatic N) is 1. The molecule has 0 aliphatic heterocycles. The zero-order chi connectivity index (χ0) is 34.6. The number of sulfone groups is 1. The van der Waals surface area contributed by atoms with Crippen LogP contribution < -0.4 is 16.0 Å². The Morgan fingerprint density at radius 3 is 2.19 bits per heavy atom. The van der Waals surface area contributed by atoms with Crippen LogP contribution in [0.4, 0.5) is 8.78 Å². The number of hydrogen-bond acceptors (Lipinski definition) is 7. The molecule has 0 aliphatic rings. The van der Waals surface area contributed by atoms with E-state index in [-0.39, 0.29) is 24.2 Å². The van der Waals surface area contributed by atoms with Crippen LogP contribution in [-0.4, -0.2) is 71.3 Å². The molecule has 1 heterocycles. The fraction of sp³-hybridized carbons (Fsp3) is 0.500. The Kier molecular flexibility index (Phi) is 14.5. The molecule has 0 bridgehead atoms. The lowest BCUT2D eigenvalue weighted by molar-refractivity contribution is -0.124. The Hall–Kier alpha value is -3.68. The Morgan fingerprint density at radius 1 is 0.936 bits per heavy atom. The molecule has 10 nitrogen and oxygen atoms in total. The van der Waals surface area contributed by atoms with E-state index in [9.17, 15) is 31.9 Å². The first-order valence-corrected chi connectivity index (χ1v) is 17.8. The summed E-state index contributed by atoms with van der Waals surface area (Å²) in [4.78, 5) is 26.9. The third-order valence-electron chi connectivity index (χ3n) is 7.94. The highest BCUT2D eigenvalue weighted by molar-refractivity contribution is 7.92. The molecule has 5 N–H and O–H groups in total. The molecule has 258 valence electrons. The van der Waals surface area contributed by atoms with Gasteiger partial charge in [0.2, 0.25) is 5.91 Å². The summed E-state index contributed by atoms with van der Waals surface area (Å²) in [5.41, 5.74) is 2.87. The van der Waals surface area contributed by atoms with Crippen molar-refractivity contribution in [3.8, 4) is 0 Å². The smallest absolute Gasteiger partial charge is 0.272 e. The topological polar surface area (TPSA) is 153 Å². The zero-order valence-electron chi connectivity index (χ0n) is 27.5. The van der Waals surface area contributed by atoms with Gasteiger partial charge in [0.05, 0.1) is 23.1 Å². The molecule has 3 aromatic rings. The maximum absolute atomic E-state index is 14.1. The normalized spacial score (nSPS) is 13.7. The number of aliphatic hydroxyl groups is 1. The molecule has 0 spiro atoms. The number of aromatic amines is 1. The van der Waals surface area contributed by atoms with E-state index in [1.807, 2.05) is 45.0 Å². The third-order valence-corrected chi connectivity index (χ3v) is 10.2. The van der Waals surface area contributed by atoms with Crippen LogP contribution in [0.2, 0.25) is 0 Å². The van der Waals surface area contributed by atoms with E-state index < -0.39 is 62.5 Å². The second kappa shape index (κ2) is 18.0. The first-order chi connectivity index (χ1) is 22.3. The van der Waals surface area contributed by atoms with E-state index in [4.69, 9.17) is 0 Å². The van der Waals surface area contributed by atoms with Gasteiger partial charge in [-0.25, -0.2) is 17.2 Å². The molecule has 13 heteroatoms. The SMILES string of the molecule is CCCC(CCC)S(=O)(=O)CC(NC(=O)c1cc(C)[nH]n1)C(=O)N[C@@H](Cc1cc(F)cc(F)c1)[C@H](O)CNCc1cccc(CC)c1. The summed E-state index contributed by atoms with van der Waals surface area (Å²) in [5.74, 6) is -3.94. The average Bonchev–Trinajstić information content (AvgIpc) is 3.46. The standard InChI is InChI=1S/C34H47F2N5O5S/c1-5-9-28(10-6-2)47(45,46)21-31(39-33(43)30-13-22(4)40-41-30)34(44)38-29(17-25-15-26(35)18-27(36)16-25)32(42)20-37-19-24-12-8-11-23(7-3)14-24/h8,11-16,18,28-29,31-32,37,42H,5-7,9-10,17,19-21H2,1-4H3,(H,38,44)(H,39,43)(H,40,41)/t29-,31?,32+/m0/s1. The number of H-pyrrole nitrogens is 1. The number of carbonyl (C=O) groups excluding carboxylic acids is 2. The molecular weight excluding hydrogens is 628 g/mol. The van der Waals surface area contributed by atoms with Crippen LogP contribution in [0.15, 0.2) is 48.5 Å². The minimum atomic E-state index is -3.87. The van der Waals surface area contributed by atoms with Gasteiger partial charge >= 0.3 is 0 Å². The van der Waals surface area contributed by atoms with Gasteiger partial charge in [-0.3, -0.25) is 14.7 Å². The number of nitrogens with one attached hydrogen (secondary N) is 4. The van der Waals surface area contributed by atoms with E-state index in [1.165, 1.54) is 6.07 Å². The molecule has 1 unspecified atom stereocenters. The predicted molar refractivity (Wildman–Crippen MR) is 177 cm³/mol. The highest BCUT2D eigenvalue weighted by Gasteiger charge is 2.34. The Bertz CT molecular complexity index is 1560. The maximum Gasteiger partial charge on any atom is 0.272 e. The lowest BCUT2D eigenvalue weighted by atomic mass is 10.00. The quantitative estimate of drug-likeness (QED) is 0.129. The summed E-state index contributed by atoms with van der Waals surface area (Å²) < 4.78 is 55.3. The molecular formula is C34H47F2N5O5S. The van der Waals surface area contributed by atoms with Crippen molar-refractivity contribution < 1.29 is 31.9 Å². The van der Waals surface area contributed by atoms with Crippen LogP contribution >= 0.6 is 0 Å². The van der Waals surface area contributed by atoms with Crippen molar-refractivity contribution >= 4 is 21.7 Å². The number of halogens is 2. The van der Waals surface area contributed by atoms with Crippen molar-refractivity contribution in [2.24, 2.45) is 0 Å². The monoisotopic (exact) mass is 675 g/mol. The molecule has 3 atom stereocenters. The second-order valence-electron chi connectivity index (χ2n) is 12.0. The number of hydrogen-bond donors (Lipinski definition) is 5. The minimum Gasteiger partial charge on any atom is -0.390 e. The summed E-state index contributed by atoms with van der Waals surface area (Å²) in [6.45, 7) is 7.89. The minimum absolute atomic E-state index is 0.00393. The third kappa shape index (κ3) is 11.8. The van der Waals surface area contributed by atoms with Crippen molar-refractivity contribution in [3.05, 3.63) is 88.2 Å². The van der Waals surface area contributed by atoms with Crippen molar-refractivity contribution in [1.82, 2.24) is 26.1 Å². The van der Waals surface area contributed by atoms with Gasteiger partial charge in [-0.15, -0.1) is 0 Å². The van der Waals surface area contributed by atoms with E-state index >= 15 is 0 Å². The van der Waals surface area contributed by atoms with E-state index in [0.29, 0.717) is 37.9 Å². The molecule has 0 saturated heterocycles. The van der Waals surface area contributed by atoms with Crippen LogP contribution in [-0.2, 0) is 34.0 Å². The Balaban J connectivity index is 1.87. The molecule has 0 fully saturated rings. The first-order valence-electron chi connectivity index (χ1n) is 16.1. The second-order valence-corrected chi connectivity index (χ2v) is 14.3. The predicted octanol–water partition coefficient (Wildman–Crippen LogP) is 3.92. The lowest BCUT2D eigenvalue weighted by Gasteiger charge is -2.28. The van der Waals surface area contributed by atoms with Crippen LogP contribution in [0.25, 0.3) is 0 Å². The lowest BCUT2D eigenvalue weighted by Crippen LogP contribution is -2.57. The summed E-state index contributed by atoms with van der Waals surface area (Å²) >= 11 is 0. The molecule has 2 amide bonds. The van der Waals surface area contributed by atoms with Crippen LogP contribution in [0, 0.1) is 18.6 Å². The van der Waals surface area contributed by atoms with E-state index in [1.54, 1.807) is 6.92 Å². The highest BCUT2D eigenvalue weighted by Crippen LogP contribution is 2.18. The maximum atomic E-state index is 14.1. The van der Waals surface area contributed by atoms with E-state index in [0.717, 1.165) is 35.7 Å². The van der Waals surface area contributed by atoms with Crippen molar-refractivity contribution in [1.29, 1.82) is 0 Å². The first kappa shape index (κ1) is 37.8. The fourth-order valence-corrected chi connectivity index (χ4v) is 7.64. The summed E-state index contributed by atoms with van der Waals surface area (Å²) in [6.07, 6.45) is 1.47. The number of aryl methyl sites for hydroxylation is 2. The summed E-state index contributed by atoms with van der Waals surface area (Å²) in [5, 5.41) is 25.5. The van der Waals surface area contributed by atoms with Crippen LogP contribution in [0.5, 0.6) is 0 Å². The number of amides is 2. The highest BCUT2D eigenvalue weighted by atomic mass is 32.2. The Morgan fingerprint density at radius 2 is 1.60 bits per heavy atom. The van der Waals surface area contributed by atoms with Crippen LogP contribution in [0.1, 0.15) is 79.3 Å². The van der Waals surface area contributed by atoms with Gasteiger partial charge in [0.25, 0.3) is 5.91 Å². The summed E-state index contributed by atoms with van der Waals surface area (Å²) in [6, 6.07) is 9.66. The van der Waals surface area contributed by atoms with Crippen molar-refractivity contribution in [2.45, 2.75) is 96.2 Å². The number of benzene rings is 2. The molecule has 2 aromatic carbocycles.